The quantitative estimate of drug-likeness (QED) is 0.467. The third kappa shape index (κ3) is 3.67. The zero-order valence-electron chi connectivity index (χ0n) is 16.7. The van der Waals surface area contributed by atoms with E-state index in [-0.39, 0.29) is 11.6 Å². The molecule has 1 aliphatic heterocycles. The van der Waals surface area contributed by atoms with E-state index in [2.05, 4.69) is 5.32 Å². The van der Waals surface area contributed by atoms with Crippen molar-refractivity contribution >= 4 is 23.0 Å². The normalized spacial score (nSPS) is 15.8. The van der Waals surface area contributed by atoms with Gasteiger partial charge in [0.05, 0.1) is 16.5 Å². The molecule has 3 aromatic rings. The first-order valence-electron chi connectivity index (χ1n) is 9.63. The fourth-order valence-corrected chi connectivity index (χ4v) is 3.72. The second-order valence-electron chi connectivity index (χ2n) is 7.35. The Morgan fingerprint density at radius 2 is 1.63 bits per heavy atom. The van der Waals surface area contributed by atoms with Crippen LogP contribution in [-0.2, 0) is 4.79 Å². The summed E-state index contributed by atoms with van der Waals surface area (Å²) in [6.45, 7) is 3.93. The number of nitrogens with zero attached hydrogens (tertiary/aromatic N) is 2. The molecule has 3 aromatic carbocycles. The van der Waals surface area contributed by atoms with Crippen LogP contribution >= 0.6 is 0 Å². The van der Waals surface area contributed by atoms with Gasteiger partial charge in [0.1, 0.15) is 5.70 Å². The van der Waals surface area contributed by atoms with Crippen molar-refractivity contribution in [1.82, 2.24) is 0 Å². The maximum absolute atomic E-state index is 13.4. The Hall–Kier alpha value is -3.93. The third-order valence-corrected chi connectivity index (χ3v) is 5.08. The summed E-state index contributed by atoms with van der Waals surface area (Å²) in [5.41, 5.74) is 4.41. The first kappa shape index (κ1) is 19.4. The van der Waals surface area contributed by atoms with E-state index in [9.17, 15) is 14.9 Å². The zero-order valence-corrected chi connectivity index (χ0v) is 16.7. The summed E-state index contributed by atoms with van der Waals surface area (Å²) in [6, 6.07) is 21.3. The van der Waals surface area contributed by atoms with Gasteiger partial charge in [0.2, 0.25) is 0 Å². The van der Waals surface area contributed by atoms with Crippen molar-refractivity contribution in [2.45, 2.75) is 19.9 Å². The van der Waals surface area contributed by atoms with Gasteiger partial charge in [0.25, 0.3) is 11.6 Å². The number of carbonyl (C=O) groups is 1. The van der Waals surface area contributed by atoms with Crippen LogP contribution in [0, 0.1) is 24.0 Å². The first-order valence-corrected chi connectivity index (χ1v) is 9.63. The zero-order chi connectivity index (χ0) is 21.3. The Kier molecular flexibility index (Phi) is 5.06. The maximum atomic E-state index is 13.4. The van der Waals surface area contributed by atoms with E-state index < -0.39 is 11.0 Å². The van der Waals surface area contributed by atoms with Gasteiger partial charge in [0, 0.05) is 17.4 Å². The molecule has 0 bridgehead atoms. The highest BCUT2D eigenvalue weighted by molar-refractivity contribution is 6.11. The van der Waals surface area contributed by atoms with Gasteiger partial charge in [-0.2, -0.15) is 0 Å². The van der Waals surface area contributed by atoms with Crippen molar-refractivity contribution in [3.05, 3.63) is 111 Å². The molecule has 1 aliphatic rings. The SMILES string of the molecule is Cc1cccc(NC2=C[C@H](c3ccccc3[N+](=O)[O-])N(c3cccc(C)c3)C2=O)c1. The molecule has 0 unspecified atom stereocenters. The van der Waals surface area contributed by atoms with Crippen LogP contribution in [0.3, 0.4) is 0 Å². The monoisotopic (exact) mass is 399 g/mol. The molecule has 0 saturated carbocycles. The standard InChI is InChI=1S/C24H21N3O3/c1-16-7-5-9-18(13-16)25-21-15-23(20-11-3-4-12-22(20)27(29)30)26(24(21)28)19-10-6-8-17(2)14-19/h3-15,23,25H,1-2H3/t23-/m1/s1. The lowest BCUT2D eigenvalue weighted by molar-refractivity contribution is -0.385. The molecule has 1 heterocycles. The molecule has 150 valence electrons. The van der Waals surface area contributed by atoms with Gasteiger partial charge in [-0.1, -0.05) is 36.4 Å². The van der Waals surface area contributed by atoms with Crippen molar-refractivity contribution in [1.29, 1.82) is 0 Å². The molecule has 30 heavy (non-hydrogen) atoms. The number of nitro benzene ring substituents is 1. The Balaban J connectivity index is 1.81. The number of anilines is 2. The second-order valence-corrected chi connectivity index (χ2v) is 7.35. The van der Waals surface area contributed by atoms with Gasteiger partial charge in [0.15, 0.2) is 0 Å². The minimum atomic E-state index is -0.590. The van der Waals surface area contributed by atoms with Crippen molar-refractivity contribution in [2.24, 2.45) is 0 Å². The molecule has 0 radical (unpaired) electrons. The number of hydrogen-bond donors (Lipinski definition) is 1. The minimum Gasteiger partial charge on any atom is -0.351 e. The van der Waals surface area contributed by atoms with Crippen LogP contribution in [0.25, 0.3) is 0 Å². The molecule has 0 saturated heterocycles. The summed E-state index contributed by atoms with van der Waals surface area (Å²) in [4.78, 5) is 26.2. The van der Waals surface area contributed by atoms with Gasteiger partial charge >= 0.3 is 0 Å². The van der Waals surface area contributed by atoms with Gasteiger partial charge in [-0.15, -0.1) is 0 Å². The van der Waals surface area contributed by atoms with E-state index in [1.54, 1.807) is 29.2 Å². The molecule has 0 aromatic heterocycles. The fourth-order valence-electron chi connectivity index (χ4n) is 3.72. The molecule has 1 amide bonds. The van der Waals surface area contributed by atoms with E-state index in [0.29, 0.717) is 16.9 Å². The number of rotatable bonds is 5. The Bertz CT molecular complexity index is 1170. The lowest BCUT2D eigenvalue weighted by Crippen LogP contribution is -2.31. The topological polar surface area (TPSA) is 75.5 Å². The summed E-state index contributed by atoms with van der Waals surface area (Å²) >= 11 is 0. The highest BCUT2D eigenvalue weighted by Crippen LogP contribution is 2.39. The van der Waals surface area contributed by atoms with Gasteiger partial charge < -0.3 is 5.32 Å². The number of amides is 1. The summed E-state index contributed by atoms with van der Waals surface area (Å²) in [6.07, 6.45) is 1.76. The van der Waals surface area contributed by atoms with Crippen LogP contribution in [-0.4, -0.2) is 10.8 Å². The Morgan fingerprint density at radius 3 is 2.33 bits per heavy atom. The molecule has 6 heteroatoms. The lowest BCUT2D eigenvalue weighted by atomic mass is 10.0. The van der Waals surface area contributed by atoms with E-state index in [1.807, 2.05) is 62.4 Å². The number of carbonyl (C=O) groups excluding carboxylic acids is 1. The number of hydrogen-bond acceptors (Lipinski definition) is 4. The molecule has 0 fully saturated rings. The van der Waals surface area contributed by atoms with E-state index in [1.165, 1.54) is 6.07 Å². The van der Waals surface area contributed by atoms with Crippen molar-refractivity contribution < 1.29 is 9.72 Å². The molecular weight excluding hydrogens is 378 g/mol. The van der Waals surface area contributed by atoms with Crippen molar-refractivity contribution in [2.75, 3.05) is 10.2 Å². The molecule has 0 aliphatic carbocycles. The van der Waals surface area contributed by atoms with Crippen LogP contribution in [0.4, 0.5) is 17.1 Å². The van der Waals surface area contributed by atoms with Crippen molar-refractivity contribution in [3.8, 4) is 0 Å². The fraction of sp³-hybridized carbons (Fsp3) is 0.125. The number of para-hydroxylation sites is 1. The number of nitro groups is 1. The molecule has 4 rings (SSSR count). The highest BCUT2D eigenvalue weighted by atomic mass is 16.6. The highest BCUT2D eigenvalue weighted by Gasteiger charge is 2.37. The molecule has 1 N–H and O–H groups in total. The van der Waals surface area contributed by atoms with E-state index >= 15 is 0 Å². The maximum Gasteiger partial charge on any atom is 0.275 e. The molecule has 0 spiro atoms. The minimum absolute atomic E-state index is 0.0130. The van der Waals surface area contributed by atoms with Crippen LogP contribution in [0.5, 0.6) is 0 Å². The lowest BCUT2D eigenvalue weighted by Gasteiger charge is -2.25. The summed E-state index contributed by atoms with van der Waals surface area (Å²) in [5, 5.41) is 14.8. The predicted octanol–water partition coefficient (Wildman–Crippen LogP) is 5.30. The van der Waals surface area contributed by atoms with Crippen LogP contribution in [0.2, 0.25) is 0 Å². The van der Waals surface area contributed by atoms with Gasteiger partial charge in [-0.25, -0.2) is 0 Å². The number of nitrogens with one attached hydrogen (secondary N) is 1. The van der Waals surface area contributed by atoms with E-state index in [4.69, 9.17) is 0 Å². The molecule has 1 atom stereocenters. The molecular formula is C24H21N3O3. The largest absolute Gasteiger partial charge is 0.351 e. The smallest absolute Gasteiger partial charge is 0.275 e. The summed E-state index contributed by atoms with van der Waals surface area (Å²) in [5.74, 6) is -0.231. The average molecular weight is 399 g/mol. The number of benzene rings is 3. The summed E-state index contributed by atoms with van der Waals surface area (Å²) in [7, 11) is 0. The number of aryl methyl sites for hydroxylation is 2. The van der Waals surface area contributed by atoms with Crippen LogP contribution < -0.4 is 10.2 Å². The Morgan fingerprint density at radius 1 is 0.933 bits per heavy atom. The third-order valence-electron chi connectivity index (χ3n) is 5.08. The van der Waals surface area contributed by atoms with E-state index in [0.717, 1.165) is 16.8 Å². The van der Waals surface area contributed by atoms with Gasteiger partial charge in [-0.05, 0) is 61.4 Å². The predicted molar refractivity (Wildman–Crippen MR) is 117 cm³/mol. The average Bonchev–Trinajstić information content (AvgIpc) is 3.04. The second kappa shape index (κ2) is 7.83. The van der Waals surface area contributed by atoms with Crippen LogP contribution in [0.1, 0.15) is 22.7 Å². The van der Waals surface area contributed by atoms with Crippen molar-refractivity contribution in [3.63, 3.8) is 0 Å². The first-order chi connectivity index (χ1) is 14.4. The summed E-state index contributed by atoms with van der Waals surface area (Å²) < 4.78 is 0. The molecule has 6 nitrogen and oxygen atoms in total. The van der Waals surface area contributed by atoms with Gasteiger partial charge in [-0.3, -0.25) is 19.8 Å². The van der Waals surface area contributed by atoms with Crippen LogP contribution in [0.15, 0.2) is 84.6 Å². The Labute approximate surface area is 174 Å².